The summed E-state index contributed by atoms with van der Waals surface area (Å²) in [5.74, 6) is -0.981. The van der Waals surface area contributed by atoms with Gasteiger partial charge < -0.3 is 14.9 Å². The Labute approximate surface area is 109 Å². The second-order valence-electron chi connectivity index (χ2n) is 5.44. The van der Waals surface area contributed by atoms with Gasteiger partial charge in [0.1, 0.15) is 0 Å². The molecule has 1 saturated heterocycles. The van der Waals surface area contributed by atoms with Crippen molar-refractivity contribution < 1.29 is 14.7 Å². The summed E-state index contributed by atoms with van der Waals surface area (Å²) in [6, 6.07) is 0.105. The molecule has 0 aromatic rings. The van der Waals surface area contributed by atoms with Crippen LogP contribution in [0.3, 0.4) is 0 Å². The van der Waals surface area contributed by atoms with Gasteiger partial charge in [0.15, 0.2) is 0 Å². The van der Waals surface area contributed by atoms with Gasteiger partial charge in [-0.2, -0.15) is 0 Å². The van der Waals surface area contributed by atoms with Gasteiger partial charge in [0, 0.05) is 25.7 Å². The summed E-state index contributed by atoms with van der Waals surface area (Å²) in [6.07, 6.45) is 0.660. The van der Waals surface area contributed by atoms with Gasteiger partial charge in [0.2, 0.25) is 0 Å². The van der Waals surface area contributed by atoms with Crippen LogP contribution in [0.4, 0.5) is 4.79 Å². The average Bonchev–Trinajstić information content (AvgIpc) is 2.28. The van der Waals surface area contributed by atoms with Crippen LogP contribution in [-0.2, 0) is 4.79 Å². The summed E-state index contributed by atoms with van der Waals surface area (Å²) in [5.41, 5.74) is 0. The molecule has 1 heterocycles. The molecule has 18 heavy (non-hydrogen) atoms. The molecular weight excluding hydrogens is 232 g/mol. The lowest BCUT2D eigenvalue weighted by Crippen LogP contribution is -2.52. The first-order valence-electron chi connectivity index (χ1n) is 6.65. The summed E-state index contributed by atoms with van der Waals surface area (Å²) in [6.45, 7) is 9.54. The van der Waals surface area contributed by atoms with Crippen molar-refractivity contribution in [1.29, 1.82) is 0 Å². The number of piperidine rings is 1. The molecule has 1 aliphatic heterocycles. The van der Waals surface area contributed by atoms with Crippen molar-refractivity contribution >= 4 is 12.0 Å². The van der Waals surface area contributed by atoms with Crippen molar-refractivity contribution in [3.05, 3.63) is 0 Å². The molecule has 2 unspecified atom stereocenters. The summed E-state index contributed by atoms with van der Waals surface area (Å²) in [4.78, 5) is 26.9. The number of carbonyl (C=O) groups excluding carboxylic acids is 1. The lowest BCUT2D eigenvalue weighted by Gasteiger charge is -2.38. The summed E-state index contributed by atoms with van der Waals surface area (Å²) in [5, 5.41) is 9.11. The zero-order valence-corrected chi connectivity index (χ0v) is 11.7. The van der Waals surface area contributed by atoms with Crippen molar-refractivity contribution in [2.24, 2.45) is 11.8 Å². The van der Waals surface area contributed by atoms with Gasteiger partial charge in [0.25, 0.3) is 0 Å². The van der Waals surface area contributed by atoms with Crippen LogP contribution in [0.25, 0.3) is 0 Å². The van der Waals surface area contributed by atoms with Crippen molar-refractivity contribution in [3.8, 4) is 0 Å². The van der Waals surface area contributed by atoms with Gasteiger partial charge >= 0.3 is 12.0 Å². The lowest BCUT2D eigenvalue weighted by atomic mass is 9.91. The summed E-state index contributed by atoms with van der Waals surface area (Å²) >= 11 is 0. The highest BCUT2D eigenvalue weighted by molar-refractivity contribution is 5.77. The molecule has 0 aromatic heterocycles. The average molecular weight is 256 g/mol. The number of amides is 2. The number of carboxylic acid groups (broad SMARTS) is 1. The van der Waals surface area contributed by atoms with E-state index in [-0.39, 0.29) is 18.0 Å². The molecule has 1 fully saturated rings. The number of hydrogen-bond donors (Lipinski definition) is 1. The molecule has 0 saturated carbocycles. The van der Waals surface area contributed by atoms with E-state index in [9.17, 15) is 9.59 Å². The van der Waals surface area contributed by atoms with E-state index >= 15 is 0 Å². The smallest absolute Gasteiger partial charge is 0.320 e. The highest BCUT2D eigenvalue weighted by atomic mass is 16.4. The Morgan fingerprint density at radius 3 is 2.44 bits per heavy atom. The van der Waals surface area contributed by atoms with Crippen molar-refractivity contribution in [2.75, 3.05) is 19.6 Å². The zero-order chi connectivity index (χ0) is 13.9. The maximum absolute atomic E-state index is 12.3. The third kappa shape index (κ3) is 3.37. The fourth-order valence-corrected chi connectivity index (χ4v) is 2.59. The molecule has 1 aliphatic rings. The predicted molar refractivity (Wildman–Crippen MR) is 69.4 cm³/mol. The van der Waals surface area contributed by atoms with Gasteiger partial charge in [0.05, 0.1) is 5.92 Å². The first kappa shape index (κ1) is 14.8. The number of likely N-dealkylation sites (tertiary alicyclic amines) is 1. The molecule has 0 spiro atoms. The minimum absolute atomic E-state index is 0.0368. The largest absolute Gasteiger partial charge is 0.481 e. The zero-order valence-electron chi connectivity index (χ0n) is 11.7. The van der Waals surface area contributed by atoms with E-state index in [4.69, 9.17) is 5.11 Å². The minimum Gasteiger partial charge on any atom is -0.481 e. The normalized spacial score (nSPS) is 24.2. The van der Waals surface area contributed by atoms with Crippen molar-refractivity contribution in [2.45, 2.75) is 40.2 Å². The Balaban J connectivity index is 2.75. The van der Waals surface area contributed by atoms with E-state index < -0.39 is 11.9 Å². The third-order valence-corrected chi connectivity index (χ3v) is 3.49. The van der Waals surface area contributed by atoms with Gasteiger partial charge in [-0.1, -0.05) is 6.92 Å². The lowest BCUT2D eigenvalue weighted by molar-refractivity contribution is -0.143. The second kappa shape index (κ2) is 6.07. The van der Waals surface area contributed by atoms with Crippen LogP contribution < -0.4 is 0 Å². The second-order valence-corrected chi connectivity index (χ2v) is 5.44. The first-order valence-corrected chi connectivity index (χ1v) is 6.65. The van der Waals surface area contributed by atoms with Gasteiger partial charge in [-0.05, 0) is 33.1 Å². The summed E-state index contributed by atoms with van der Waals surface area (Å²) in [7, 11) is 0. The molecule has 104 valence electrons. The number of nitrogens with zero attached hydrogens (tertiary/aromatic N) is 2. The Hall–Kier alpha value is -1.26. The van der Waals surface area contributed by atoms with Crippen LogP contribution in [0.2, 0.25) is 0 Å². The van der Waals surface area contributed by atoms with E-state index in [0.717, 1.165) is 0 Å². The highest BCUT2D eigenvalue weighted by Gasteiger charge is 2.33. The summed E-state index contributed by atoms with van der Waals surface area (Å²) < 4.78 is 0. The van der Waals surface area contributed by atoms with E-state index in [1.807, 2.05) is 27.7 Å². The van der Waals surface area contributed by atoms with Crippen molar-refractivity contribution in [1.82, 2.24) is 9.80 Å². The highest BCUT2D eigenvalue weighted by Crippen LogP contribution is 2.23. The predicted octanol–water partition coefficient (Wildman–Crippen LogP) is 1.88. The van der Waals surface area contributed by atoms with Gasteiger partial charge in [-0.25, -0.2) is 4.79 Å². The number of hydrogen-bond acceptors (Lipinski definition) is 2. The Kier molecular flexibility index (Phi) is 4.99. The molecular formula is C13H24N2O3. The molecule has 0 radical (unpaired) electrons. The first-order chi connectivity index (χ1) is 8.36. The Morgan fingerprint density at radius 1 is 1.39 bits per heavy atom. The molecule has 5 heteroatoms. The number of aliphatic carboxylic acids is 1. The number of carbonyl (C=O) groups is 2. The van der Waals surface area contributed by atoms with Crippen LogP contribution in [-0.4, -0.2) is 52.6 Å². The van der Waals surface area contributed by atoms with Crippen LogP contribution >= 0.6 is 0 Å². The van der Waals surface area contributed by atoms with E-state index in [0.29, 0.717) is 26.1 Å². The SMILES string of the molecule is CCN(C(=O)N1CC(C)CC(C(=O)O)C1)C(C)C. The molecule has 0 bridgehead atoms. The molecule has 2 amide bonds. The third-order valence-electron chi connectivity index (χ3n) is 3.49. The van der Waals surface area contributed by atoms with Crippen LogP contribution in [0.5, 0.6) is 0 Å². The maximum Gasteiger partial charge on any atom is 0.320 e. The van der Waals surface area contributed by atoms with Crippen LogP contribution in [0.1, 0.15) is 34.1 Å². The van der Waals surface area contributed by atoms with Gasteiger partial charge in [-0.15, -0.1) is 0 Å². The minimum atomic E-state index is -0.799. The van der Waals surface area contributed by atoms with Gasteiger partial charge in [-0.3, -0.25) is 4.79 Å². The molecule has 5 nitrogen and oxygen atoms in total. The van der Waals surface area contributed by atoms with E-state index in [2.05, 4.69) is 0 Å². The molecule has 1 rings (SSSR count). The standard InChI is InChI=1S/C13H24N2O3/c1-5-15(9(2)3)13(18)14-7-10(4)6-11(8-14)12(16)17/h9-11H,5-8H2,1-4H3,(H,16,17). The number of rotatable bonds is 3. The van der Waals surface area contributed by atoms with E-state index in [1.54, 1.807) is 9.80 Å². The molecule has 0 aromatic carbocycles. The Bertz CT molecular complexity index is 317. The fraction of sp³-hybridized carbons (Fsp3) is 0.846. The number of carboxylic acids is 1. The molecule has 2 atom stereocenters. The topological polar surface area (TPSA) is 60.9 Å². The maximum atomic E-state index is 12.3. The fourth-order valence-electron chi connectivity index (χ4n) is 2.59. The van der Waals surface area contributed by atoms with Crippen LogP contribution in [0, 0.1) is 11.8 Å². The molecule has 0 aliphatic carbocycles. The molecule has 1 N–H and O–H groups in total. The van der Waals surface area contributed by atoms with E-state index in [1.165, 1.54) is 0 Å². The Morgan fingerprint density at radius 2 is 2.00 bits per heavy atom. The monoisotopic (exact) mass is 256 g/mol. The quantitative estimate of drug-likeness (QED) is 0.838. The van der Waals surface area contributed by atoms with Crippen LogP contribution in [0.15, 0.2) is 0 Å². The van der Waals surface area contributed by atoms with Crippen molar-refractivity contribution in [3.63, 3.8) is 0 Å². The number of urea groups is 1.